The summed E-state index contributed by atoms with van der Waals surface area (Å²) in [4.78, 5) is 0. The number of nitrogens with one attached hydrogen (secondary N) is 1. The molecule has 4 heteroatoms. The van der Waals surface area contributed by atoms with Crippen molar-refractivity contribution in [2.45, 2.75) is 32.4 Å². The SMILES string of the molecule is CCC(C)(CO)NCc1cccc(OC)c1O. The predicted molar refractivity (Wildman–Crippen MR) is 67.3 cm³/mol. The number of aliphatic hydroxyl groups excluding tert-OH is 1. The molecule has 0 amide bonds. The van der Waals surface area contributed by atoms with E-state index in [-0.39, 0.29) is 17.9 Å². The van der Waals surface area contributed by atoms with Crippen molar-refractivity contribution in [3.05, 3.63) is 23.8 Å². The van der Waals surface area contributed by atoms with Crippen LogP contribution < -0.4 is 10.1 Å². The second-order valence-corrected chi connectivity index (χ2v) is 4.39. The van der Waals surface area contributed by atoms with Crippen LogP contribution in [-0.4, -0.2) is 29.5 Å². The summed E-state index contributed by atoms with van der Waals surface area (Å²) in [5, 5.41) is 22.4. The number of benzene rings is 1. The highest BCUT2D eigenvalue weighted by Crippen LogP contribution is 2.29. The molecule has 0 saturated carbocycles. The van der Waals surface area contributed by atoms with Crippen LogP contribution in [0.2, 0.25) is 0 Å². The Hall–Kier alpha value is -1.26. The molecule has 1 aromatic rings. The normalized spacial score (nSPS) is 14.4. The average molecular weight is 239 g/mol. The van der Waals surface area contributed by atoms with Crippen molar-refractivity contribution in [1.29, 1.82) is 0 Å². The molecule has 3 N–H and O–H groups in total. The highest BCUT2D eigenvalue weighted by molar-refractivity contribution is 5.45. The van der Waals surface area contributed by atoms with Gasteiger partial charge in [0.2, 0.25) is 0 Å². The standard InChI is InChI=1S/C13H21NO3/c1-4-13(2,9-15)14-8-10-6-5-7-11(17-3)12(10)16/h5-7,14-16H,4,8-9H2,1-3H3. The lowest BCUT2D eigenvalue weighted by molar-refractivity contribution is 0.168. The number of rotatable bonds is 6. The quantitative estimate of drug-likeness (QED) is 0.706. The molecule has 0 bridgehead atoms. The van der Waals surface area contributed by atoms with Crippen LogP contribution in [0.4, 0.5) is 0 Å². The number of para-hydroxylation sites is 1. The van der Waals surface area contributed by atoms with E-state index in [4.69, 9.17) is 4.74 Å². The minimum absolute atomic E-state index is 0.0637. The van der Waals surface area contributed by atoms with Gasteiger partial charge in [-0.25, -0.2) is 0 Å². The number of ether oxygens (including phenoxy) is 1. The van der Waals surface area contributed by atoms with Gasteiger partial charge >= 0.3 is 0 Å². The molecule has 0 aliphatic rings. The number of phenols is 1. The molecule has 0 saturated heterocycles. The summed E-state index contributed by atoms with van der Waals surface area (Å²) in [6.45, 7) is 4.51. The first kappa shape index (κ1) is 13.8. The third-order valence-corrected chi connectivity index (χ3v) is 3.14. The third-order valence-electron chi connectivity index (χ3n) is 3.14. The highest BCUT2D eigenvalue weighted by Gasteiger charge is 2.20. The Morgan fingerprint density at radius 2 is 2.12 bits per heavy atom. The van der Waals surface area contributed by atoms with Crippen molar-refractivity contribution in [1.82, 2.24) is 5.32 Å². The first-order chi connectivity index (χ1) is 8.06. The molecule has 4 nitrogen and oxygen atoms in total. The van der Waals surface area contributed by atoms with E-state index >= 15 is 0 Å². The van der Waals surface area contributed by atoms with Crippen molar-refractivity contribution in [2.24, 2.45) is 0 Å². The van der Waals surface area contributed by atoms with Gasteiger partial charge in [0.15, 0.2) is 11.5 Å². The Labute approximate surface area is 102 Å². The van der Waals surface area contributed by atoms with Crippen molar-refractivity contribution >= 4 is 0 Å². The summed E-state index contributed by atoms with van der Waals surface area (Å²) in [6, 6.07) is 5.37. The zero-order chi connectivity index (χ0) is 12.9. The molecule has 0 aromatic heterocycles. The highest BCUT2D eigenvalue weighted by atomic mass is 16.5. The lowest BCUT2D eigenvalue weighted by Crippen LogP contribution is -2.44. The second kappa shape index (κ2) is 5.89. The Morgan fingerprint density at radius 1 is 1.41 bits per heavy atom. The van der Waals surface area contributed by atoms with Crippen LogP contribution in [0.3, 0.4) is 0 Å². The number of hydrogen-bond acceptors (Lipinski definition) is 4. The van der Waals surface area contributed by atoms with Crippen molar-refractivity contribution < 1.29 is 14.9 Å². The summed E-state index contributed by atoms with van der Waals surface area (Å²) < 4.78 is 5.04. The molecule has 1 unspecified atom stereocenters. The molecule has 96 valence electrons. The van der Waals surface area contributed by atoms with Gasteiger partial charge in [-0.05, 0) is 19.4 Å². The van der Waals surface area contributed by atoms with Crippen molar-refractivity contribution in [3.8, 4) is 11.5 Å². The van der Waals surface area contributed by atoms with Gasteiger partial charge in [-0.15, -0.1) is 0 Å². The molecule has 17 heavy (non-hydrogen) atoms. The molecule has 1 atom stereocenters. The molecule has 0 spiro atoms. The van der Waals surface area contributed by atoms with E-state index in [1.54, 1.807) is 6.07 Å². The smallest absolute Gasteiger partial charge is 0.162 e. The number of aromatic hydroxyl groups is 1. The minimum atomic E-state index is -0.324. The van der Waals surface area contributed by atoms with Gasteiger partial charge in [0.1, 0.15) is 0 Å². The van der Waals surface area contributed by atoms with Gasteiger partial charge in [-0.2, -0.15) is 0 Å². The van der Waals surface area contributed by atoms with Crippen LogP contribution in [0.25, 0.3) is 0 Å². The average Bonchev–Trinajstić information content (AvgIpc) is 2.37. The maximum Gasteiger partial charge on any atom is 0.162 e. The van der Waals surface area contributed by atoms with Gasteiger partial charge in [0, 0.05) is 17.6 Å². The maximum atomic E-state index is 9.90. The van der Waals surface area contributed by atoms with Crippen LogP contribution >= 0.6 is 0 Å². The number of aliphatic hydroxyl groups is 1. The molecule has 0 aliphatic heterocycles. The molecular formula is C13H21NO3. The zero-order valence-corrected chi connectivity index (χ0v) is 10.7. The van der Waals surface area contributed by atoms with Gasteiger partial charge in [0.05, 0.1) is 13.7 Å². The first-order valence-electron chi connectivity index (χ1n) is 5.77. The maximum absolute atomic E-state index is 9.90. The van der Waals surface area contributed by atoms with Gasteiger partial charge in [0.25, 0.3) is 0 Å². The molecule has 0 heterocycles. The third kappa shape index (κ3) is 3.35. The Bertz CT molecular complexity index is 362. The Balaban J connectivity index is 2.76. The fraction of sp³-hybridized carbons (Fsp3) is 0.538. The molecule has 1 rings (SSSR count). The lowest BCUT2D eigenvalue weighted by atomic mass is 9.99. The Morgan fingerprint density at radius 3 is 2.65 bits per heavy atom. The lowest BCUT2D eigenvalue weighted by Gasteiger charge is -2.27. The van der Waals surface area contributed by atoms with E-state index in [1.807, 2.05) is 26.0 Å². The summed E-state index contributed by atoms with van der Waals surface area (Å²) in [6.07, 6.45) is 0.814. The zero-order valence-electron chi connectivity index (χ0n) is 10.7. The van der Waals surface area contributed by atoms with Crippen LogP contribution in [0, 0.1) is 0 Å². The van der Waals surface area contributed by atoms with Gasteiger partial charge in [-0.1, -0.05) is 19.1 Å². The summed E-state index contributed by atoms with van der Waals surface area (Å²) in [5.41, 5.74) is 0.438. The minimum Gasteiger partial charge on any atom is -0.504 e. The van der Waals surface area contributed by atoms with E-state index < -0.39 is 0 Å². The largest absolute Gasteiger partial charge is 0.504 e. The van der Waals surface area contributed by atoms with E-state index in [9.17, 15) is 10.2 Å². The molecular weight excluding hydrogens is 218 g/mol. The second-order valence-electron chi connectivity index (χ2n) is 4.39. The van der Waals surface area contributed by atoms with E-state index in [2.05, 4.69) is 5.32 Å². The monoisotopic (exact) mass is 239 g/mol. The summed E-state index contributed by atoms with van der Waals surface area (Å²) in [7, 11) is 1.52. The van der Waals surface area contributed by atoms with Gasteiger partial charge < -0.3 is 20.3 Å². The van der Waals surface area contributed by atoms with Crippen LogP contribution in [0.15, 0.2) is 18.2 Å². The molecule has 0 radical (unpaired) electrons. The number of hydrogen-bond donors (Lipinski definition) is 3. The topological polar surface area (TPSA) is 61.7 Å². The molecule has 0 fully saturated rings. The van der Waals surface area contributed by atoms with Crippen LogP contribution in [0.5, 0.6) is 11.5 Å². The summed E-state index contributed by atoms with van der Waals surface area (Å²) >= 11 is 0. The first-order valence-corrected chi connectivity index (χ1v) is 5.77. The van der Waals surface area contributed by atoms with Crippen LogP contribution in [0.1, 0.15) is 25.8 Å². The van der Waals surface area contributed by atoms with E-state index in [0.29, 0.717) is 12.3 Å². The van der Waals surface area contributed by atoms with E-state index in [1.165, 1.54) is 7.11 Å². The van der Waals surface area contributed by atoms with Crippen molar-refractivity contribution in [3.63, 3.8) is 0 Å². The Kier molecular flexibility index (Phi) is 4.78. The van der Waals surface area contributed by atoms with Crippen molar-refractivity contribution in [2.75, 3.05) is 13.7 Å². The number of methoxy groups -OCH3 is 1. The molecule has 1 aromatic carbocycles. The fourth-order valence-electron chi connectivity index (χ4n) is 1.48. The van der Waals surface area contributed by atoms with Gasteiger partial charge in [-0.3, -0.25) is 0 Å². The summed E-state index contributed by atoms with van der Waals surface area (Å²) in [5.74, 6) is 0.616. The fourth-order valence-corrected chi connectivity index (χ4v) is 1.48. The predicted octanol–water partition coefficient (Wildman–Crippen LogP) is 1.65. The number of phenolic OH excluding ortho intramolecular Hbond substituents is 1. The molecule has 0 aliphatic carbocycles. The van der Waals surface area contributed by atoms with E-state index in [0.717, 1.165) is 12.0 Å². The van der Waals surface area contributed by atoms with Crippen LogP contribution in [-0.2, 0) is 6.54 Å².